The van der Waals surface area contributed by atoms with Crippen molar-refractivity contribution in [2.24, 2.45) is 5.92 Å². The molecule has 2 aliphatic heterocycles. The largest absolute Gasteiger partial charge is 0.490 e. The van der Waals surface area contributed by atoms with E-state index in [2.05, 4.69) is 33.0 Å². The Hall–Kier alpha value is -2.69. The first-order chi connectivity index (χ1) is 17.8. The summed E-state index contributed by atoms with van der Waals surface area (Å²) in [5, 5.41) is 26.9. The zero-order valence-electron chi connectivity index (χ0n) is 19.9. The second kappa shape index (κ2) is 14.5. The van der Waals surface area contributed by atoms with E-state index in [1.165, 1.54) is 11.1 Å². The van der Waals surface area contributed by atoms with Gasteiger partial charge in [0.05, 0.1) is 12.3 Å². The quantitative estimate of drug-likeness (QED) is 0.442. The molecule has 1 unspecified atom stereocenters. The Kier molecular flexibility index (Phi) is 12.0. The summed E-state index contributed by atoms with van der Waals surface area (Å²) in [6.07, 6.45) is -4.59. The van der Waals surface area contributed by atoms with Gasteiger partial charge in [-0.15, -0.1) is 0 Å². The molecule has 0 aliphatic carbocycles. The van der Waals surface area contributed by atoms with Crippen LogP contribution in [0.4, 0.5) is 26.3 Å². The lowest BCUT2D eigenvalue weighted by atomic mass is 10.0. The fraction of sp³-hybridized carbons (Fsp3) is 0.591. The summed E-state index contributed by atoms with van der Waals surface area (Å²) in [4.78, 5) is 17.8. The number of alkyl halides is 6. The average molecular weight is 576 g/mol. The Morgan fingerprint density at radius 2 is 1.68 bits per heavy atom. The molecule has 4 rings (SSSR count). The summed E-state index contributed by atoms with van der Waals surface area (Å²) in [6, 6.07) is 2.16. The SMILES string of the molecule is O=C(O)C(F)(F)F.O=C(O)C(F)(F)F.c1cc(CNCC2OCCc3cn(CC4CCOCC4)nc32)cs1. The third-order valence-corrected chi connectivity index (χ3v) is 6.11. The molecule has 1 atom stereocenters. The molecular weight excluding hydrogens is 548 g/mol. The van der Waals surface area contributed by atoms with Crippen molar-refractivity contribution in [2.75, 3.05) is 26.4 Å². The molecule has 16 heteroatoms. The molecule has 4 heterocycles. The van der Waals surface area contributed by atoms with Crippen molar-refractivity contribution in [1.82, 2.24) is 15.1 Å². The van der Waals surface area contributed by atoms with Crippen LogP contribution in [0.3, 0.4) is 0 Å². The number of carbonyl (C=O) groups is 2. The topological polar surface area (TPSA) is 123 Å². The summed E-state index contributed by atoms with van der Waals surface area (Å²) in [5.41, 5.74) is 3.82. The van der Waals surface area contributed by atoms with Crippen molar-refractivity contribution in [3.63, 3.8) is 0 Å². The van der Waals surface area contributed by atoms with E-state index < -0.39 is 24.3 Å². The van der Waals surface area contributed by atoms with Crippen LogP contribution in [0, 0.1) is 5.92 Å². The molecule has 2 aromatic rings. The van der Waals surface area contributed by atoms with E-state index in [1.54, 1.807) is 11.3 Å². The molecule has 38 heavy (non-hydrogen) atoms. The van der Waals surface area contributed by atoms with Crippen LogP contribution in [-0.2, 0) is 38.6 Å². The number of nitrogens with one attached hydrogen (secondary N) is 1. The first kappa shape index (κ1) is 31.5. The molecule has 214 valence electrons. The van der Waals surface area contributed by atoms with Crippen molar-refractivity contribution in [2.45, 2.75) is 50.8 Å². The summed E-state index contributed by atoms with van der Waals surface area (Å²) in [5.74, 6) is -4.82. The molecule has 1 fully saturated rings. The van der Waals surface area contributed by atoms with Crippen LogP contribution < -0.4 is 5.32 Å². The van der Waals surface area contributed by atoms with E-state index in [0.29, 0.717) is 5.92 Å². The van der Waals surface area contributed by atoms with Gasteiger partial charge in [-0.2, -0.15) is 42.8 Å². The second-order valence-electron chi connectivity index (χ2n) is 8.30. The Labute approximate surface area is 217 Å². The number of fused-ring (bicyclic) bond motifs is 1. The molecule has 0 amide bonds. The molecule has 0 bridgehead atoms. The van der Waals surface area contributed by atoms with E-state index >= 15 is 0 Å². The standard InChI is InChI=1S/C18H25N3O2S.2C2HF3O2/c1-5-22-6-2-14(1)11-21-12-16-3-7-23-17(18(16)20-21)10-19-9-15-4-8-24-13-15;2*3-2(4,5)1(6)7/h4,8,12-14,17,19H,1-3,5-7,9-11H2;2*(H,6,7). The van der Waals surface area contributed by atoms with Crippen molar-refractivity contribution < 1.29 is 55.6 Å². The third-order valence-electron chi connectivity index (χ3n) is 5.38. The zero-order chi connectivity index (χ0) is 28.3. The van der Waals surface area contributed by atoms with Crippen LogP contribution in [0.1, 0.15) is 35.8 Å². The fourth-order valence-electron chi connectivity index (χ4n) is 3.51. The minimum atomic E-state index is -5.08. The number of carboxylic acid groups (broad SMARTS) is 2. The first-order valence-electron chi connectivity index (χ1n) is 11.3. The highest BCUT2D eigenvalue weighted by Crippen LogP contribution is 2.26. The number of aliphatic carboxylic acids is 2. The maximum absolute atomic E-state index is 10.6. The van der Waals surface area contributed by atoms with Crippen LogP contribution >= 0.6 is 11.3 Å². The molecule has 0 spiro atoms. The van der Waals surface area contributed by atoms with Crippen LogP contribution in [0.5, 0.6) is 0 Å². The molecule has 3 N–H and O–H groups in total. The van der Waals surface area contributed by atoms with Crippen LogP contribution in [0.15, 0.2) is 23.0 Å². The Bertz CT molecular complexity index is 982. The zero-order valence-corrected chi connectivity index (χ0v) is 20.7. The van der Waals surface area contributed by atoms with Gasteiger partial charge in [0.2, 0.25) is 0 Å². The summed E-state index contributed by atoms with van der Waals surface area (Å²) in [6.45, 7) is 5.29. The van der Waals surface area contributed by atoms with Gasteiger partial charge in [0.25, 0.3) is 0 Å². The summed E-state index contributed by atoms with van der Waals surface area (Å²) in [7, 11) is 0. The van der Waals surface area contributed by atoms with Gasteiger partial charge >= 0.3 is 24.3 Å². The monoisotopic (exact) mass is 575 g/mol. The number of carboxylic acids is 2. The van der Waals surface area contributed by atoms with Crippen LogP contribution in [0.25, 0.3) is 0 Å². The molecule has 2 aliphatic rings. The van der Waals surface area contributed by atoms with Gasteiger partial charge in [0.15, 0.2) is 0 Å². The van der Waals surface area contributed by atoms with Crippen LogP contribution in [-0.4, -0.2) is 70.7 Å². The van der Waals surface area contributed by atoms with E-state index in [0.717, 1.165) is 64.4 Å². The number of rotatable bonds is 6. The van der Waals surface area contributed by atoms with Crippen molar-refractivity contribution in [3.8, 4) is 0 Å². The lowest BCUT2D eigenvalue weighted by molar-refractivity contribution is -0.193. The van der Waals surface area contributed by atoms with Gasteiger partial charge in [-0.1, -0.05) is 0 Å². The second-order valence-corrected chi connectivity index (χ2v) is 9.08. The van der Waals surface area contributed by atoms with Gasteiger partial charge in [-0.3, -0.25) is 4.68 Å². The van der Waals surface area contributed by atoms with E-state index in [9.17, 15) is 26.3 Å². The summed E-state index contributed by atoms with van der Waals surface area (Å²) >= 11 is 1.74. The third kappa shape index (κ3) is 11.0. The number of hydrogen-bond acceptors (Lipinski definition) is 7. The fourth-order valence-corrected chi connectivity index (χ4v) is 4.18. The van der Waals surface area contributed by atoms with Crippen molar-refractivity contribution >= 4 is 23.3 Å². The minimum absolute atomic E-state index is 0.0725. The maximum Gasteiger partial charge on any atom is 0.490 e. The lowest BCUT2D eigenvalue weighted by Crippen LogP contribution is -2.27. The minimum Gasteiger partial charge on any atom is -0.475 e. The predicted molar refractivity (Wildman–Crippen MR) is 122 cm³/mol. The molecule has 0 radical (unpaired) electrons. The predicted octanol–water partition coefficient (Wildman–Crippen LogP) is 4.04. The number of aromatic nitrogens is 2. The molecule has 9 nitrogen and oxygen atoms in total. The Morgan fingerprint density at radius 1 is 1.08 bits per heavy atom. The lowest BCUT2D eigenvalue weighted by Gasteiger charge is -2.22. The van der Waals surface area contributed by atoms with Crippen molar-refractivity contribution in [3.05, 3.63) is 39.8 Å². The number of nitrogens with zero attached hydrogens (tertiary/aromatic N) is 2. The molecule has 2 aromatic heterocycles. The highest BCUT2D eigenvalue weighted by molar-refractivity contribution is 7.07. The molecular formula is C22H27F6N3O6S. The van der Waals surface area contributed by atoms with E-state index in [1.807, 2.05) is 0 Å². The average Bonchev–Trinajstić information content (AvgIpc) is 3.49. The first-order valence-corrected chi connectivity index (χ1v) is 12.3. The van der Waals surface area contributed by atoms with Crippen LogP contribution in [0.2, 0.25) is 0 Å². The smallest absolute Gasteiger partial charge is 0.475 e. The van der Waals surface area contributed by atoms with Gasteiger partial charge < -0.3 is 25.0 Å². The number of thiophene rings is 1. The molecule has 1 saturated heterocycles. The number of ether oxygens (including phenoxy) is 2. The van der Waals surface area contributed by atoms with Crippen molar-refractivity contribution in [1.29, 1.82) is 0 Å². The van der Waals surface area contributed by atoms with Gasteiger partial charge in [-0.25, -0.2) is 9.59 Å². The van der Waals surface area contributed by atoms with Gasteiger partial charge in [0.1, 0.15) is 6.10 Å². The Balaban J connectivity index is 0.000000301. The van der Waals surface area contributed by atoms with Gasteiger partial charge in [-0.05, 0) is 53.1 Å². The highest BCUT2D eigenvalue weighted by atomic mass is 32.1. The molecule has 0 aromatic carbocycles. The Morgan fingerprint density at radius 3 is 2.21 bits per heavy atom. The highest BCUT2D eigenvalue weighted by Gasteiger charge is 2.38. The van der Waals surface area contributed by atoms with E-state index in [4.69, 9.17) is 34.4 Å². The normalized spacial score (nSPS) is 17.9. The number of hydrogen-bond donors (Lipinski definition) is 3. The number of halogens is 6. The van der Waals surface area contributed by atoms with Gasteiger partial charge in [0, 0.05) is 39.0 Å². The van der Waals surface area contributed by atoms with E-state index in [-0.39, 0.29) is 6.10 Å². The maximum atomic E-state index is 10.6. The molecule has 0 saturated carbocycles. The summed E-state index contributed by atoms with van der Waals surface area (Å²) < 4.78 is 77.0.